The minimum atomic E-state index is -3.55. The van der Waals surface area contributed by atoms with Gasteiger partial charge in [0.05, 0.1) is 10.6 Å². The third-order valence-electron chi connectivity index (χ3n) is 3.94. The van der Waals surface area contributed by atoms with E-state index in [1.54, 1.807) is 42.5 Å². The van der Waals surface area contributed by atoms with Crippen molar-refractivity contribution in [1.29, 1.82) is 0 Å². The fourth-order valence-corrected chi connectivity index (χ4v) is 4.34. The zero-order chi connectivity index (χ0) is 17.2. The molecule has 24 heavy (non-hydrogen) atoms. The van der Waals surface area contributed by atoms with Crippen molar-refractivity contribution in [1.82, 2.24) is 0 Å². The number of carbonyl (C=O) groups is 1. The van der Waals surface area contributed by atoms with Gasteiger partial charge in [-0.05, 0) is 42.2 Å². The molecule has 2 aromatic carbocycles. The van der Waals surface area contributed by atoms with Crippen molar-refractivity contribution in [3.05, 3.63) is 71.8 Å². The van der Waals surface area contributed by atoms with Crippen molar-refractivity contribution in [2.24, 2.45) is 0 Å². The number of hydrogen-bond donors (Lipinski definition) is 1. The minimum Gasteiger partial charge on any atom is -0.478 e. The number of hydrogen-bond acceptors (Lipinski definition) is 3. The topological polar surface area (TPSA) is 74.7 Å². The minimum absolute atomic E-state index is 0.284. The van der Waals surface area contributed by atoms with Crippen LogP contribution in [0.25, 0.3) is 0 Å². The molecule has 0 aromatic heterocycles. The van der Waals surface area contributed by atoms with E-state index in [4.69, 9.17) is 5.11 Å². The number of benzene rings is 2. The first-order valence-corrected chi connectivity index (χ1v) is 9.01. The average Bonchev–Trinajstić information content (AvgIpc) is 2.99. The normalized spacial score (nSPS) is 14.1. The van der Waals surface area contributed by atoms with Gasteiger partial charge in [-0.1, -0.05) is 36.4 Å². The molecule has 6 heteroatoms. The van der Waals surface area contributed by atoms with E-state index in [1.165, 1.54) is 4.31 Å². The number of fused-ring (bicyclic) bond motifs is 1. The molecule has 0 amide bonds. The maximum Gasteiger partial charge on any atom is 0.327 e. The monoisotopic (exact) mass is 343 g/mol. The first-order chi connectivity index (χ1) is 11.5. The molecule has 0 bridgehead atoms. The summed E-state index contributed by atoms with van der Waals surface area (Å²) >= 11 is 0. The van der Waals surface area contributed by atoms with Crippen molar-refractivity contribution in [3.63, 3.8) is 0 Å². The maximum atomic E-state index is 12.8. The molecule has 1 aliphatic heterocycles. The fraction of sp³-hybridized carbons (Fsp3) is 0.167. The average molecular weight is 343 g/mol. The Kier molecular flexibility index (Phi) is 4.40. The van der Waals surface area contributed by atoms with Gasteiger partial charge in [0.15, 0.2) is 0 Å². The zero-order valence-electron chi connectivity index (χ0n) is 12.9. The Morgan fingerprint density at radius 3 is 2.62 bits per heavy atom. The molecular weight excluding hydrogens is 326 g/mol. The molecule has 2 aromatic rings. The highest BCUT2D eigenvalue weighted by Crippen LogP contribution is 2.33. The van der Waals surface area contributed by atoms with Crippen LogP contribution in [0.3, 0.4) is 0 Å². The van der Waals surface area contributed by atoms with Gasteiger partial charge in [0, 0.05) is 12.6 Å². The van der Waals surface area contributed by atoms with E-state index in [2.05, 4.69) is 0 Å². The van der Waals surface area contributed by atoms with Crippen molar-refractivity contribution in [3.8, 4) is 0 Å². The van der Waals surface area contributed by atoms with Crippen LogP contribution in [0.5, 0.6) is 0 Å². The molecule has 1 N–H and O–H groups in total. The molecule has 0 unspecified atom stereocenters. The highest BCUT2D eigenvalue weighted by molar-refractivity contribution is 7.92. The maximum absolute atomic E-state index is 12.8. The molecule has 1 heterocycles. The van der Waals surface area contributed by atoms with Crippen LogP contribution in [0.2, 0.25) is 0 Å². The third-order valence-corrected chi connectivity index (χ3v) is 5.77. The summed E-state index contributed by atoms with van der Waals surface area (Å²) in [6.07, 6.45) is 3.85. The molecular formula is C18H17NO4S. The number of carboxylic acid groups (broad SMARTS) is 1. The van der Waals surface area contributed by atoms with Crippen molar-refractivity contribution >= 4 is 21.7 Å². The van der Waals surface area contributed by atoms with Gasteiger partial charge in [-0.3, -0.25) is 4.31 Å². The van der Waals surface area contributed by atoms with Crippen LogP contribution in [0, 0.1) is 0 Å². The zero-order valence-corrected chi connectivity index (χ0v) is 13.7. The number of aliphatic carboxylic acids is 1. The van der Waals surface area contributed by atoms with Crippen molar-refractivity contribution < 1.29 is 18.3 Å². The second-order valence-corrected chi connectivity index (χ2v) is 7.41. The summed E-state index contributed by atoms with van der Waals surface area (Å²) in [4.78, 5) is 10.8. The molecule has 1 aliphatic rings. The predicted octanol–water partition coefficient (Wildman–Crippen LogP) is 2.62. The lowest BCUT2D eigenvalue weighted by molar-refractivity contribution is -0.131. The van der Waals surface area contributed by atoms with E-state index in [-0.39, 0.29) is 4.90 Å². The first-order valence-electron chi connectivity index (χ1n) is 7.57. The molecule has 5 nitrogen and oxygen atoms in total. The molecule has 3 rings (SSSR count). The first kappa shape index (κ1) is 16.3. The van der Waals surface area contributed by atoms with E-state index in [9.17, 15) is 13.2 Å². The Morgan fingerprint density at radius 1 is 1.17 bits per heavy atom. The predicted molar refractivity (Wildman–Crippen MR) is 91.6 cm³/mol. The van der Waals surface area contributed by atoms with Gasteiger partial charge in [0.25, 0.3) is 10.0 Å². The summed E-state index contributed by atoms with van der Waals surface area (Å²) in [5.41, 5.74) is 2.63. The van der Waals surface area contributed by atoms with Crippen LogP contribution < -0.4 is 4.31 Å². The highest BCUT2D eigenvalue weighted by atomic mass is 32.2. The lowest BCUT2D eigenvalue weighted by atomic mass is 10.1. The molecule has 0 atom stereocenters. The Morgan fingerprint density at radius 2 is 1.92 bits per heavy atom. The van der Waals surface area contributed by atoms with E-state index >= 15 is 0 Å². The standard InChI is InChI=1S/C18H17NO4S/c20-18(21)8-4-5-14-9-10-17-15(13-14)11-12-19(17)24(22,23)16-6-2-1-3-7-16/h1-4,6-10,13H,5,11-12H2,(H,20,21). The van der Waals surface area contributed by atoms with Crippen molar-refractivity contribution in [2.75, 3.05) is 10.8 Å². The fourth-order valence-electron chi connectivity index (χ4n) is 2.82. The lowest BCUT2D eigenvalue weighted by Crippen LogP contribution is -2.29. The molecule has 0 fully saturated rings. The summed E-state index contributed by atoms with van der Waals surface area (Å²) in [5.74, 6) is -0.976. The number of anilines is 1. The Hall–Kier alpha value is -2.60. The number of carboxylic acids is 1. The van der Waals surface area contributed by atoms with Gasteiger partial charge in [-0.15, -0.1) is 0 Å². The molecule has 0 aliphatic carbocycles. The highest BCUT2D eigenvalue weighted by Gasteiger charge is 2.30. The van der Waals surface area contributed by atoms with Crippen LogP contribution in [-0.4, -0.2) is 26.0 Å². The second kappa shape index (κ2) is 6.49. The Labute approximate surface area is 140 Å². The third kappa shape index (κ3) is 3.19. The van der Waals surface area contributed by atoms with Gasteiger partial charge in [-0.25, -0.2) is 13.2 Å². The van der Waals surface area contributed by atoms with Crippen LogP contribution in [0.1, 0.15) is 11.1 Å². The van der Waals surface area contributed by atoms with Gasteiger partial charge in [0.2, 0.25) is 0 Å². The summed E-state index contributed by atoms with van der Waals surface area (Å²) in [6.45, 7) is 0.418. The van der Waals surface area contributed by atoms with E-state index in [1.807, 2.05) is 12.1 Å². The number of allylic oxidation sites excluding steroid dienone is 1. The largest absolute Gasteiger partial charge is 0.478 e. The summed E-state index contributed by atoms with van der Waals surface area (Å²) in [6, 6.07) is 14.0. The lowest BCUT2D eigenvalue weighted by Gasteiger charge is -2.19. The summed E-state index contributed by atoms with van der Waals surface area (Å²) in [7, 11) is -3.55. The Balaban J connectivity index is 1.87. The summed E-state index contributed by atoms with van der Waals surface area (Å²) in [5, 5.41) is 8.62. The van der Waals surface area contributed by atoms with E-state index < -0.39 is 16.0 Å². The van der Waals surface area contributed by atoms with Crippen molar-refractivity contribution in [2.45, 2.75) is 17.7 Å². The molecule has 0 spiro atoms. The molecule has 124 valence electrons. The van der Waals surface area contributed by atoms with Crippen LogP contribution >= 0.6 is 0 Å². The quantitative estimate of drug-likeness (QED) is 0.847. The summed E-state index contributed by atoms with van der Waals surface area (Å²) < 4.78 is 27.0. The second-order valence-electron chi connectivity index (χ2n) is 5.55. The Bertz CT molecular complexity index is 888. The van der Waals surface area contributed by atoms with Gasteiger partial charge in [-0.2, -0.15) is 0 Å². The number of nitrogens with zero attached hydrogens (tertiary/aromatic N) is 1. The molecule has 0 radical (unpaired) electrons. The van der Waals surface area contributed by atoms with Gasteiger partial charge < -0.3 is 5.11 Å². The van der Waals surface area contributed by atoms with Crippen LogP contribution in [-0.2, 0) is 27.7 Å². The molecule has 0 saturated heterocycles. The SMILES string of the molecule is O=C(O)C=CCc1ccc2c(c1)CCN2S(=O)(=O)c1ccccc1. The smallest absolute Gasteiger partial charge is 0.327 e. The van der Waals surface area contributed by atoms with E-state index in [0.29, 0.717) is 25.1 Å². The van der Waals surface area contributed by atoms with Gasteiger partial charge in [0.1, 0.15) is 0 Å². The number of sulfonamides is 1. The molecule has 0 saturated carbocycles. The van der Waals surface area contributed by atoms with Crippen LogP contribution in [0.4, 0.5) is 5.69 Å². The van der Waals surface area contributed by atoms with Crippen LogP contribution in [0.15, 0.2) is 65.6 Å². The van der Waals surface area contributed by atoms with E-state index in [0.717, 1.165) is 17.2 Å². The van der Waals surface area contributed by atoms with Gasteiger partial charge >= 0.3 is 5.97 Å². The number of rotatable bonds is 5.